The quantitative estimate of drug-likeness (QED) is 0.433. The number of anilines is 2. The smallest absolute Gasteiger partial charge is 0.254 e. The normalized spacial score (nSPS) is 18.4. The fraction of sp³-hybridized carbons (Fsp3) is 0.240. The monoisotopic (exact) mass is 430 g/mol. The van der Waals surface area contributed by atoms with Crippen LogP contribution >= 0.6 is 12.2 Å². The van der Waals surface area contributed by atoms with Gasteiger partial charge in [0.05, 0.1) is 11.1 Å². The molecule has 0 spiro atoms. The van der Waals surface area contributed by atoms with E-state index in [-0.39, 0.29) is 5.91 Å². The van der Waals surface area contributed by atoms with Crippen LogP contribution in [0.2, 0.25) is 0 Å². The number of pyridine rings is 1. The Morgan fingerprint density at radius 3 is 2.71 bits per heavy atom. The van der Waals surface area contributed by atoms with E-state index in [4.69, 9.17) is 12.2 Å². The van der Waals surface area contributed by atoms with E-state index >= 15 is 0 Å². The molecule has 2 unspecified atom stereocenters. The Morgan fingerprint density at radius 2 is 1.94 bits per heavy atom. The van der Waals surface area contributed by atoms with Crippen LogP contribution in [0.3, 0.4) is 0 Å². The first-order valence-electron chi connectivity index (χ1n) is 10.5. The molecule has 2 aromatic carbocycles. The number of piperidine rings is 1. The first-order valence-corrected chi connectivity index (χ1v) is 10.9. The van der Waals surface area contributed by atoms with E-state index in [1.165, 1.54) is 0 Å². The van der Waals surface area contributed by atoms with Gasteiger partial charge in [0, 0.05) is 36.0 Å². The Balaban J connectivity index is 1.56. The van der Waals surface area contributed by atoms with Crippen molar-refractivity contribution >= 4 is 45.5 Å². The van der Waals surface area contributed by atoms with Crippen LogP contribution in [0.25, 0.3) is 10.9 Å². The molecule has 5 nitrogen and oxygen atoms in total. The minimum absolute atomic E-state index is 0.0355. The second-order valence-electron chi connectivity index (χ2n) is 7.95. The number of amides is 1. The summed E-state index contributed by atoms with van der Waals surface area (Å²) in [6, 6.07) is 17.3. The zero-order valence-electron chi connectivity index (χ0n) is 17.5. The Morgan fingerprint density at radius 1 is 1.16 bits per heavy atom. The molecule has 1 aliphatic heterocycles. The molecule has 158 valence electrons. The van der Waals surface area contributed by atoms with E-state index in [9.17, 15) is 4.79 Å². The number of carbonyl (C=O) groups is 1. The maximum Gasteiger partial charge on any atom is 0.254 e. The van der Waals surface area contributed by atoms with Gasteiger partial charge in [-0.2, -0.15) is 0 Å². The van der Waals surface area contributed by atoms with Crippen molar-refractivity contribution in [1.82, 2.24) is 9.88 Å². The van der Waals surface area contributed by atoms with Crippen LogP contribution in [-0.2, 0) is 0 Å². The summed E-state index contributed by atoms with van der Waals surface area (Å²) in [6.07, 6.45) is 4.65. The van der Waals surface area contributed by atoms with Gasteiger partial charge in [0.15, 0.2) is 5.11 Å². The van der Waals surface area contributed by atoms with Crippen LogP contribution in [0.5, 0.6) is 0 Å². The average Bonchev–Trinajstić information content (AvgIpc) is 2.79. The number of para-hydroxylation sites is 1. The third-order valence-corrected chi connectivity index (χ3v) is 6.07. The number of likely N-dealkylation sites (tertiary alicyclic amines) is 1. The molecule has 2 atom stereocenters. The fourth-order valence-corrected chi connectivity index (χ4v) is 4.22. The number of aromatic nitrogens is 1. The van der Waals surface area contributed by atoms with Gasteiger partial charge in [-0.1, -0.05) is 31.2 Å². The van der Waals surface area contributed by atoms with Crippen molar-refractivity contribution in [3.05, 3.63) is 79.0 Å². The average molecular weight is 431 g/mol. The van der Waals surface area contributed by atoms with Crippen LogP contribution < -0.4 is 10.6 Å². The summed E-state index contributed by atoms with van der Waals surface area (Å²) in [4.78, 5) is 19.7. The highest BCUT2D eigenvalue weighted by Gasteiger charge is 2.28. The van der Waals surface area contributed by atoms with Gasteiger partial charge in [0.25, 0.3) is 5.91 Å². The molecule has 1 aliphatic rings. The van der Waals surface area contributed by atoms with Crippen molar-refractivity contribution < 1.29 is 4.79 Å². The molecule has 3 aromatic rings. The second-order valence-corrected chi connectivity index (χ2v) is 8.36. The fourth-order valence-electron chi connectivity index (χ4n) is 3.99. The molecule has 0 bridgehead atoms. The summed E-state index contributed by atoms with van der Waals surface area (Å²) in [7, 11) is 0. The first kappa shape index (κ1) is 21.0. The number of rotatable bonds is 4. The lowest BCUT2D eigenvalue weighted by Crippen LogP contribution is -2.42. The molecule has 0 aliphatic carbocycles. The SMILES string of the molecule is C=CC1CN(C(=O)c2ccnc3ccc(NC(=S)Nc4ccccc4)cc23)CCC1C. The number of hydrogen-bond donors (Lipinski definition) is 2. The molecule has 1 fully saturated rings. The third-order valence-electron chi connectivity index (χ3n) is 5.87. The molecule has 1 aromatic heterocycles. The predicted octanol–water partition coefficient (Wildman–Crippen LogP) is 5.33. The maximum absolute atomic E-state index is 13.4. The number of thiocarbonyl (C=S) groups is 1. The Bertz CT molecular complexity index is 1110. The van der Waals surface area contributed by atoms with Gasteiger partial charge in [-0.3, -0.25) is 9.78 Å². The Hall–Kier alpha value is -3.25. The molecule has 1 saturated heterocycles. The lowest BCUT2D eigenvalue weighted by molar-refractivity contribution is 0.0652. The van der Waals surface area contributed by atoms with Crippen LogP contribution in [0.1, 0.15) is 23.7 Å². The minimum atomic E-state index is 0.0355. The molecule has 0 radical (unpaired) electrons. The molecule has 0 saturated carbocycles. The van der Waals surface area contributed by atoms with Crippen molar-refractivity contribution in [3.8, 4) is 0 Å². The van der Waals surface area contributed by atoms with Gasteiger partial charge < -0.3 is 15.5 Å². The number of benzene rings is 2. The number of carbonyl (C=O) groups excluding carboxylic acids is 1. The number of hydrogen-bond acceptors (Lipinski definition) is 3. The third kappa shape index (κ3) is 4.75. The van der Waals surface area contributed by atoms with Gasteiger partial charge in [-0.05, 0) is 66.9 Å². The molecular formula is C25H26N4OS. The van der Waals surface area contributed by atoms with Crippen LogP contribution in [0.15, 0.2) is 73.4 Å². The minimum Gasteiger partial charge on any atom is -0.338 e. The van der Waals surface area contributed by atoms with Crippen LogP contribution in [-0.4, -0.2) is 34.0 Å². The molecule has 6 heteroatoms. The lowest BCUT2D eigenvalue weighted by Gasteiger charge is -2.35. The van der Waals surface area contributed by atoms with Gasteiger partial charge in [-0.25, -0.2) is 0 Å². The van der Waals surface area contributed by atoms with Crippen molar-refractivity contribution in [2.45, 2.75) is 13.3 Å². The zero-order chi connectivity index (χ0) is 21.8. The number of nitrogens with zero attached hydrogens (tertiary/aromatic N) is 2. The molecule has 1 amide bonds. The predicted molar refractivity (Wildman–Crippen MR) is 131 cm³/mol. The lowest BCUT2D eigenvalue weighted by atomic mass is 9.87. The summed E-state index contributed by atoms with van der Waals surface area (Å²) < 4.78 is 0. The Labute approximate surface area is 188 Å². The number of fused-ring (bicyclic) bond motifs is 1. The molecule has 31 heavy (non-hydrogen) atoms. The van der Waals surface area contributed by atoms with Crippen molar-refractivity contribution in [2.24, 2.45) is 11.8 Å². The Kier molecular flexibility index (Phi) is 6.28. The van der Waals surface area contributed by atoms with Gasteiger partial charge in [-0.15, -0.1) is 6.58 Å². The maximum atomic E-state index is 13.4. The van der Waals surface area contributed by atoms with E-state index in [2.05, 4.69) is 29.1 Å². The summed E-state index contributed by atoms with van der Waals surface area (Å²) in [5.41, 5.74) is 3.16. The van der Waals surface area contributed by atoms with E-state index < -0.39 is 0 Å². The highest BCUT2D eigenvalue weighted by molar-refractivity contribution is 7.80. The first-order chi connectivity index (χ1) is 15.0. The van der Waals surface area contributed by atoms with Crippen molar-refractivity contribution in [3.63, 3.8) is 0 Å². The van der Waals surface area contributed by atoms with E-state index in [0.717, 1.165) is 35.2 Å². The largest absolute Gasteiger partial charge is 0.338 e. The van der Waals surface area contributed by atoms with Gasteiger partial charge in [0.2, 0.25) is 0 Å². The van der Waals surface area contributed by atoms with E-state index in [1.807, 2.05) is 59.5 Å². The summed E-state index contributed by atoms with van der Waals surface area (Å²) in [5, 5.41) is 7.67. The second kappa shape index (κ2) is 9.27. The van der Waals surface area contributed by atoms with Gasteiger partial charge >= 0.3 is 0 Å². The van der Waals surface area contributed by atoms with Crippen LogP contribution in [0.4, 0.5) is 11.4 Å². The highest BCUT2D eigenvalue weighted by Crippen LogP contribution is 2.27. The summed E-state index contributed by atoms with van der Waals surface area (Å²) >= 11 is 5.44. The molecule has 2 heterocycles. The summed E-state index contributed by atoms with van der Waals surface area (Å²) in [6.45, 7) is 7.63. The van der Waals surface area contributed by atoms with E-state index in [0.29, 0.717) is 29.1 Å². The van der Waals surface area contributed by atoms with Gasteiger partial charge in [0.1, 0.15) is 0 Å². The topological polar surface area (TPSA) is 57.3 Å². The molecule has 2 N–H and O–H groups in total. The van der Waals surface area contributed by atoms with Crippen molar-refractivity contribution in [1.29, 1.82) is 0 Å². The number of nitrogens with one attached hydrogen (secondary N) is 2. The highest BCUT2D eigenvalue weighted by atomic mass is 32.1. The molecule has 4 rings (SSSR count). The van der Waals surface area contributed by atoms with Crippen LogP contribution in [0, 0.1) is 11.8 Å². The molecular weight excluding hydrogens is 404 g/mol. The summed E-state index contributed by atoms with van der Waals surface area (Å²) in [5.74, 6) is 0.905. The van der Waals surface area contributed by atoms with E-state index in [1.54, 1.807) is 12.3 Å². The standard InChI is InChI=1S/C25H26N4OS/c1-3-18-16-29(14-12-17(18)2)24(30)21-11-13-26-23-10-9-20(15-22(21)23)28-25(31)27-19-7-5-4-6-8-19/h3-11,13,15,17-18H,1,12,14,16H2,2H3,(H2,27,28,31). The zero-order valence-corrected chi connectivity index (χ0v) is 18.4. The van der Waals surface area contributed by atoms with Crippen molar-refractivity contribution in [2.75, 3.05) is 23.7 Å².